The zero-order valence-corrected chi connectivity index (χ0v) is 18.1. The molecular weight excluding hydrogens is 422 g/mol. The third-order valence-electron chi connectivity index (χ3n) is 4.81. The molecule has 5 aromatic rings. The molecular formula is C23H19N7OS. The predicted octanol–water partition coefficient (Wildman–Crippen LogP) is 4.69. The van der Waals surface area contributed by atoms with E-state index in [2.05, 4.69) is 47.0 Å². The molecule has 0 radical (unpaired) electrons. The molecule has 4 heterocycles. The van der Waals surface area contributed by atoms with Gasteiger partial charge in [-0.1, -0.05) is 47.3 Å². The molecule has 1 aromatic carbocycles. The van der Waals surface area contributed by atoms with Gasteiger partial charge in [0, 0.05) is 35.9 Å². The van der Waals surface area contributed by atoms with Crippen LogP contribution in [0.1, 0.15) is 23.6 Å². The molecule has 8 nitrogen and oxygen atoms in total. The maximum absolute atomic E-state index is 5.53. The Morgan fingerprint density at radius 3 is 2.38 bits per heavy atom. The van der Waals surface area contributed by atoms with E-state index in [4.69, 9.17) is 4.52 Å². The summed E-state index contributed by atoms with van der Waals surface area (Å²) < 4.78 is 7.61. The van der Waals surface area contributed by atoms with Gasteiger partial charge < -0.3 is 4.52 Å². The number of aromatic nitrogens is 7. The van der Waals surface area contributed by atoms with Crippen LogP contribution >= 0.6 is 11.8 Å². The summed E-state index contributed by atoms with van der Waals surface area (Å²) in [5.41, 5.74) is 2.88. The summed E-state index contributed by atoms with van der Waals surface area (Å²) in [5, 5.41) is 13.7. The standard InChI is InChI=1S/C23H19N7OS/c1-16(22-26-20(29-31-22)18-9-5-11-24-13-18)32-23-28-27-21(19-10-6-12-25-14-19)30(23)15-17-7-3-2-4-8-17/h2-14,16H,15H2,1H3. The minimum Gasteiger partial charge on any atom is -0.338 e. The Balaban J connectivity index is 1.44. The Morgan fingerprint density at radius 2 is 1.66 bits per heavy atom. The van der Waals surface area contributed by atoms with E-state index in [1.165, 1.54) is 11.8 Å². The van der Waals surface area contributed by atoms with Crippen molar-refractivity contribution in [2.45, 2.75) is 23.9 Å². The van der Waals surface area contributed by atoms with E-state index in [1.54, 1.807) is 24.8 Å². The molecule has 0 N–H and O–H groups in total. The summed E-state index contributed by atoms with van der Waals surface area (Å²) >= 11 is 1.52. The van der Waals surface area contributed by atoms with Gasteiger partial charge in [-0.15, -0.1) is 10.2 Å². The number of rotatable bonds is 7. The lowest BCUT2D eigenvalue weighted by Gasteiger charge is -2.12. The van der Waals surface area contributed by atoms with Gasteiger partial charge in [-0.3, -0.25) is 14.5 Å². The Kier molecular flexibility index (Phi) is 5.71. The number of hydrogen-bond donors (Lipinski definition) is 0. The first-order valence-electron chi connectivity index (χ1n) is 10.1. The topological polar surface area (TPSA) is 95.4 Å². The lowest BCUT2D eigenvalue weighted by Crippen LogP contribution is -2.05. The summed E-state index contributed by atoms with van der Waals surface area (Å²) in [5.74, 6) is 1.80. The van der Waals surface area contributed by atoms with Gasteiger partial charge in [0.1, 0.15) is 0 Å². The second-order valence-electron chi connectivity index (χ2n) is 7.08. The summed E-state index contributed by atoms with van der Waals surface area (Å²) in [6.07, 6.45) is 6.96. The van der Waals surface area contributed by atoms with Crippen LogP contribution in [0.5, 0.6) is 0 Å². The van der Waals surface area contributed by atoms with Crippen LogP contribution in [0.4, 0.5) is 0 Å². The molecule has 0 saturated heterocycles. The molecule has 0 spiro atoms. The van der Waals surface area contributed by atoms with Gasteiger partial charge in [-0.05, 0) is 36.8 Å². The van der Waals surface area contributed by atoms with Gasteiger partial charge in [0.2, 0.25) is 11.7 Å². The quantitative estimate of drug-likeness (QED) is 0.336. The van der Waals surface area contributed by atoms with Crippen molar-refractivity contribution in [2.75, 3.05) is 0 Å². The highest BCUT2D eigenvalue weighted by atomic mass is 32.2. The fourth-order valence-electron chi connectivity index (χ4n) is 3.21. The van der Waals surface area contributed by atoms with Crippen LogP contribution in [0.25, 0.3) is 22.8 Å². The number of thioether (sulfide) groups is 1. The Hall–Kier alpha value is -3.85. The van der Waals surface area contributed by atoms with Gasteiger partial charge in [0.15, 0.2) is 11.0 Å². The van der Waals surface area contributed by atoms with E-state index in [0.717, 1.165) is 27.7 Å². The van der Waals surface area contributed by atoms with E-state index in [0.29, 0.717) is 18.3 Å². The first kappa shape index (κ1) is 20.1. The van der Waals surface area contributed by atoms with Crippen LogP contribution in [-0.4, -0.2) is 34.9 Å². The van der Waals surface area contributed by atoms with Gasteiger partial charge >= 0.3 is 0 Å². The molecule has 1 unspecified atom stereocenters. The first-order valence-corrected chi connectivity index (χ1v) is 10.9. The molecule has 0 aliphatic rings. The molecule has 158 valence electrons. The molecule has 0 amide bonds. The monoisotopic (exact) mass is 441 g/mol. The fraction of sp³-hybridized carbons (Fsp3) is 0.130. The highest BCUT2D eigenvalue weighted by molar-refractivity contribution is 7.99. The fourth-order valence-corrected chi connectivity index (χ4v) is 4.09. The molecule has 5 rings (SSSR count). The molecule has 0 bridgehead atoms. The van der Waals surface area contributed by atoms with Gasteiger partial charge in [-0.25, -0.2) is 0 Å². The molecule has 1 atom stereocenters. The zero-order valence-electron chi connectivity index (χ0n) is 17.2. The van der Waals surface area contributed by atoms with Crippen molar-refractivity contribution >= 4 is 11.8 Å². The van der Waals surface area contributed by atoms with Crippen molar-refractivity contribution in [3.05, 3.63) is 90.8 Å². The number of pyridine rings is 2. The Labute approximate surface area is 188 Å². The summed E-state index contributed by atoms with van der Waals surface area (Å²) in [4.78, 5) is 12.9. The largest absolute Gasteiger partial charge is 0.338 e. The van der Waals surface area contributed by atoms with Gasteiger partial charge in [0.25, 0.3) is 0 Å². The smallest absolute Gasteiger partial charge is 0.240 e. The molecule has 0 aliphatic carbocycles. The second-order valence-corrected chi connectivity index (χ2v) is 8.39. The van der Waals surface area contributed by atoms with E-state index >= 15 is 0 Å². The number of nitrogens with zero attached hydrogens (tertiary/aromatic N) is 7. The molecule has 0 aliphatic heterocycles. The Morgan fingerprint density at radius 1 is 0.906 bits per heavy atom. The number of hydrogen-bond acceptors (Lipinski definition) is 8. The van der Waals surface area contributed by atoms with Crippen molar-refractivity contribution in [2.24, 2.45) is 0 Å². The molecule has 32 heavy (non-hydrogen) atoms. The van der Waals surface area contributed by atoms with Crippen molar-refractivity contribution < 1.29 is 4.52 Å². The van der Waals surface area contributed by atoms with E-state index < -0.39 is 0 Å². The third-order valence-corrected chi connectivity index (χ3v) is 5.88. The normalized spacial score (nSPS) is 12.0. The van der Waals surface area contributed by atoms with E-state index in [1.807, 2.05) is 49.4 Å². The van der Waals surface area contributed by atoms with E-state index in [9.17, 15) is 0 Å². The maximum atomic E-state index is 5.53. The molecule has 9 heteroatoms. The first-order chi connectivity index (χ1) is 15.8. The third kappa shape index (κ3) is 4.28. The lowest BCUT2D eigenvalue weighted by molar-refractivity contribution is 0.380. The van der Waals surface area contributed by atoms with Crippen LogP contribution in [-0.2, 0) is 6.54 Å². The van der Waals surface area contributed by atoms with Crippen LogP contribution in [0.15, 0.2) is 89.1 Å². The zero-order chi connectivity index (χ0) is 21.8. The van der Waals surface area contributed by atoms with Crippen molar-refractivity contribution in [1.29, 1.82) is 0 Å². The van der Waals surface area contributed by atoms with Crippen LogP contribution in [0, 0.1) is 0 Å². The summed E-state index contributed by atoms with van der Waals surface area (Å²) in [6.45, 7) is 2.65. The minimum atomic E-state index is -0.117. The lowest BCUT2D eigenvalue weighted by atomic mass is 10.2. The van der Waals surface area contributed by atoms with Gasteiger partial charge in [0.05, 0.1) is 11.8 Å². The highest BCUT2D eigenvalue weighted by Crippen LogP contribution is 2.35. The summed E-state index contributed by atoms with van der Waals surface area (Å²) in [7, 11) is 0. The average Bonchev–Trinajstić information content (AvgIpc) is 3.49. The van der Waals surface area contributed by atoms with Gasteiger partial charge in [-0.2, -0.15) is 4.98 Å². The SMILES string of the molecule is CC(Sc1nnc(-c2cccnc2)n1Cc1ccccc1)c1nc(-c2cccnc2)no1. The minimum absolute atomic E-state index is 0.117. The van der Waals surface area contributed by atoms with Crippen LogP contribution in [0.3, 0.4) is 0 Å². The van der Waals surface area contributed by atoms with Crippen molar-refractivity contribution in [1.82, 2.24) is 34.9 Å². The summed E-state index contributed by atoms with van der Waals surface area (Å²) in [6, 6.07) is 17.8. The molecule has 0 fully saturated rings. The van der Waals surface area contributed by atoms with Crippen molar-refractivity contribution in [3.63, 3.8) is 0 Å². The number of benzene rings is 1. The maximum Gasteiger partial charge on any atom is 0.240 e. The average molecular weight is 442 g/mol. The van der Waals surface area contributed by atoms with Crippen molar-refractivity contribution in [3.8, 4) is 22.8 Å². The van der Waals surface area contributed by atoms with E-state index in [-0.39, 0.29) is 5.25 Å². The molecule has 0 saturated carbocycles. The Bertz CT molecular complexity index is 1290. The highest BCUT2D eigenvalue weighted by Gasteiger charge is 2.22. The van der Waals surface area contributed by atoms with Crippen LogP contribution in [0.2, 0.25) is 0 Å². The molecule has 4 aromatic heterocycles. The predicted molar refractivity (Wildman–Crippen MR) is 121 cm³/mol. The van der Waals surface area contributed by atoms with Crippen LogP contribution < -0.4 is 0 Å². The second kappa shape index (κ2) is 9.11.